The maximum Gasteiger partial charge on any atom is 0.319 e. The zero-order valence-corrected chi connectivity index (χ0v) is 11.8. The van der Waals surface area contributed by atoms with Crippen LogP contribution in [0.25, 0.3) is 0 Å². The van der Waals surface area contributed by atoms with Gasteiger partial charge in [0.15, 0.2) is 0 Å². The van der Waals surface area contributed by atoms with Gasteiger partial charge in [-0.25, -0.2) is 4.79 Å². The van der Waals surface area contributed by atoms with Crippen molar-refractivity contribution in [2.45, 2.75) is 31.7 Å². The third-order valence-electron chi connectivity index (χ3n) is 4.00. The number of carbonyl (C=O) groups is 1. The van der Waals surface area contributed by atoms with Crippen molar-refractivity contribution in [1.82, 2.24) is 5.32 Å². The predicted molar refractivity (Wildman–Crippen MR) is 79.6 cm³/mol. The maximum atomic E-state index is 12.0. The van der Waals surface area contributed by atoms with Crippen molar-refractivity contribution in [2.24, 2.45) is 0 Å². The van der Waals surface area contributed by atoms with Gasteiger partial charge in [0.1, 0.15) is 12.4 Å². The number of benzene rings is 1. The Morgan fingerprint density at radius 3 is 2.95 bits per heavy atom. The first-order chi connectivity index (χ1) is 9.72. The normalized spacial score (nSPS) is 18.4. The van der Waals surface area contributed by atoms with Gasteiger partial charge in [-0.05, 0) is 31.0 Å². The summed E-state index contributed by atoms with van der Waals surface area (Å²) in [4.78, 5) is 14.1. The van der Waals surface area contributed by atoms with E-state index >= 15 is 0 Å². The summed E-state index contributed by atoms with van der Waals surface area (Å²) in [5.74, 6) is 0.875. The van der Waals surface area contributed by atoms with Crippen molar-refractivity contribution < 1.29 is 9.53 Å². The molecule has 1 heterocycles. The number of carbonyl (C=O) groups excluding carboxylic acids is 1. The van der Waals surface area contributed by atoms with E-state index in [0.29, 0.717) is 12.6 Å². The lowest BCUT2D eigenvalue weighted by atomic mass is 10.2. The van der Waals surface area contributed by atoms with E-state index < -0.39 is 0 Å². The van der Waals surface area contributed by atoms with Crippen LogP contribution >= 0.6 is 0 Å². The lowest BCUT2D eigenvalue weighted by Gasteiger charge is -2.28. The molecule has 108 valence electrons. The van der Waals surface area contributed by atoms with Crippen LogP contribution in [0.3, 0.4) is 0 Å². The maximum absolute atomic E-state index is 12.0. The highest BCUT2D eigenvalue weighted by Crippen LogP contribution is 2.33. The smallest absolute Gasteiger partial charge is 0.319 e. The second-order valence-electron chi connectivity index (χ2n) is 5.53. The molecule has 0 aromatic heterocycles. The second kappa shape index (κ2) is 5.61. The van der Waals surface area contributed by atoms with Gasteiger partial charge in [-0.15, -0.1) is 0 Å². The summed E-state index contributed by atoms with van der Waals surface area (Å²) in [6, 6.07) is 5.97. The number of nitrogens with one attached hydrogen (secondary N) is 2. The molecule has 1 saturated carbocycles. The van der Waals surface area contributed by atoms with Crippen molar-refractivity contribution in [1.29, 1.82) is 0 Å². The fourth-order valence-electron chi connectivity index (χ4n) is 2.85. The number of likely N-dealkylation sites (N-methyl/N-ethyl adjacent to an activating group) is 1. The van der Waals surface area contributed by atoms with Crippen LogP contribution in [0, 0.1) is 0 Å². The molecule has 0 atom stereocenters. The third-order valence-corrected chi connectivity index (χ3v) is 4.00. The zero-order valence-electron chi connectivity index (χ0n) is 11.8. The van der Waals surface area contributed by atoms with Crippen molar-refractivity contribution in [3.63, 3.8) is 0 Å². The summed E-state index contributed by atoms with van der Waals surface area (Å²) < 4.78 is 5.59. The van der Waals surface area contributed by atoms with Crippen LogP contribution in [0.1, 0.15) is 25.7 Å². The van der Waals surface area contributed by atoms with Crippen LogP contribution in [-0.4, -0.2) is 32.3 Å². The Labute approximate surface area is 119 Å². The summed E-state index contributed by atoms with van der Waals surface area (Å²) in [5.41, 5.74) is 1.83. The highest BCUT2D eigenvalue weighted by atomic mass is 16.5. The van der Waals surface area contributed by atoms with Crippen LogP contribution in [0.5, 0.6) is 5.75 Å². The van der Waals surface area contributed by atoms with Crippen LogP contribution < -0.4 is 20.3 Å². The van der Waals surface area contributed by atoms with E-state index in [1.807, 2.05) is 25.2 Å². The quantitative estimate of drug-likeness (QED) is 0.872. The monoisotopic (exact) mass is 275 g/mol. The van der Waals surface area contributed by atoms with Crippen LogP contribution in [0.2, 0.25) is 0 Å². The van der Waals surface area contributed by atoms with Gasteiger partial charge in [0.05, 0.1) is 12.2 Å². The molecule has 5 heteroatoms. The number of fused-ring (bicyclic) bond motifs is 1. The molecule has 0 bridgehead atoms. The Kier molecular flexibility index (Phi) is 3.67. The van der Waals surface area contributed by atoms with E-state index in [0.717, 1.165) is 36.5 Å². The van der Waals surface area contributed by atoms with E-state index in [1.165, 1.54) is 12.8 Å². The molecule has 3 rings (SSSR count). The zero-order chi connectivity index (χ0) is 13.9. The first-order valence-electron chi connectivity index (χ1n) is 7.28. The molecule has 20 heavy (non-hydrogen) atoms. The van der Waals surface area contributed by atoms with Gasteiger partial charge in [0.25, 0.3) is 0 Å². The Bertz CT molecular complexity index is 498. The summed E-state index contributed by atoms with van der Waals surface area (Å²) in [7, 11) is 2.03. The molecule has 1 aliphatic carbocycles. The van der Waals surface area contributed by atoms with Gasteiger partial charge in [-0.3, -0.25) is 0 Å². The molecule has 1 aromatic rings. The van der Waals surface area contributed by atoms with E-state index in [-0.39, 0.29) is 6.03 Å². The molecule has 0 saturated heterocycles. The molecule has 5 nitrogen and oxygen atoms in total. The minimum atomic E-state index is -0.115. The molecule has 1 aromatic carbocycles. The number of urea groups is 1. The number of hydrogen-bond donors (Lipinski definition) is 2. The molecular formula is C15H21N3O2. The van der Waals surface area contributed by atoms with E-state index in [2.05, 4.69) is 15.5 Å². The summed E-state index contributed by atoms with van der Waals surface area (Å²) in [6.07, 6.45) is 4.61. The number of ether oxygens (including phenoxy) is 1. The summed E-state index contributed by atoms with van der Waals surface area (Å²) >= 11 is 0. The molecular weight excluding hydrogens is 254 g/mol. The van der Waals surface area contributed by atoms with Crippen molar-refractivity contribution in [2.75, 3.05) is 30.4 Å². The number of amides is 2. The summed E-state index contributed by atoms with van der Waals surface area (Å²) in [6.45, 7) is 1.57. The van der Waals surface area contributed by atoms with Crippen LogP contribution in [0.4, 0.5) is 16.2 Å². The molecule has 0 radical (unpaired) electrons. The average Bonchev–Trinajstić information content (AvgIpc) is 2.92. The fourth-order valence-corrected chi connectivity index (χ4v) is 2.85. The summed E-state index contributed by atoms with van der Waals surface area (Å²) in [5, 5.41) is 5.93. The predicted octanol–water partition coefficient (Wildman–Crippen LogP) is 2.58. The minimum Gasteiger partial charge on any atom is -0.490 e. The van der Waals surface area contributed by atoms with Gasteiger partial charge in [0, 0.05) is 18.8 Å². The van der Waals surface area contributed by atoms with Crippen molar-refractivity contribution in [3.05, 3.63) is 18.2 Å². The molecule has 0 unspecified atom stereocenters. The molecule has 2 amide bonds. The van der Waals surface area contributed by atoms with E-state index in [1.54, 1.807) is 0 Å². The average molecular weight is 275 g/mol. The van der Waals surface area contributed by atoms with E-state index in [9.17, 15) is 4.79 Å². The van der Waals surface area contributed by atoms with Crippen LogP contribution in [-0.2, 0) is 0 Å². The lowest BCUT2D eigenvalue weighted by molar-refractivity contribution is 0.248. The van der Waals surface area contributed by atoms with Gasteiger partial charge in [-0.1, -0.05) is 12.8 Å². The molecule has 2 aliphatic rings. The first-order valence-corrected chi connectivity index (χ1v) is 7.28. The highest BCUT2D eigenvalue weighted by molar-refractivity contribution is 5.90. The van der Waals surface area contributed by atoms with Crippen molar-refractivity contribution in [3.8, 4) is 5.75 Å². The van der Waals surface area contributed by atoms with Gasteiger partial charge < -0.3 is 20.3 Å². The number of hydrogen-bond acceptors (Lipinski definition) is 3. The number of nitrogens with zero attached hydrogens (tertiary/aromatic N) is 1. The Morgan fingerprint density at radius 2 is 2.15 bits per heavy atom. The Hall–Kier alpha value is -1.91. The highest BCUT2D eigenvalue weighted by Gasteiger charge is 2.18. The van der Waals surface area contributed by atoms with E-state index in [4.69, 9.17) is 4.74 Å². The Morgan fingerprint density at radius 1 is 1.35 bits per heavy atom. The van der Waals surface area contributed by atoms with Gasteiger partial charge in [-0.2, -0.15) is 0 Å². The van der Waals surface area contributed by atoms with Gasteiger partial charge in [0.2, 0.25) is 0 Å². The Balaban J connectivity index is 1.65. The molecule has 2 N–H and O–H groups in total. The number of rotatable bonds is 2. The fraction of sp³-hybridized carbons (Fsp3) is 0.533. The second-order valence-corrected chi connectivity index (χ2v) is 5.53. The van der Waals surface area contributed by atoms with Crippen LogP contribution in [0.15, 0.2) is 18.2 Å². The SMILES string of the molecule is CN1CCOc2ccc(NC(=O)NC3CCCC3)cc21. The lowest BCUT2D eigenvalue weighted by Crippen LogP contribution is -2.36. The largest absolute Gasteiger partial charge is 0.490 e. The van der Waals surface area contributed by atoms with Crippen molar-refractivity contribution >= 4 is 17.4 Å². The molecule has 1 aliphatic heterocycles. The minimum absolute atomic E-state index is 0.115. The standard InChI is InChI=1S/C15H21N3O2/c1-18-8-9-20-14-7-6-12(10-13(14)18)17-15(19)16-11-4-2-3-5-11/h6-7,10-11H,2-5,8-9H2,1H3,(H2,16,17,19). The van der Waals surface area contributed by atoms with Gasteiger partial charge >= 0.3 is 6.03 Å². The third kappa shape index (κ3) is 2.81. The number of anilines is 2. The molecule has 1 fully saturated rings. The first kappa shape index (κ1) is 13.1. The molecule has 0 spiro atoms. The topological polar surface area (TPSA) is 53.6 Å².